The number of allylic oxidation sites excluding steroid dienone is 1. The van der Waals surface area contributed by atoms with E-state index in [0.29, 0.717) is 79.5 Å². The number of carbonyl (C=O) groups is 4. The first-order valence-corrected chi connectivity index (χ1v) is 23.1. The minimum atomic E-state index is -4.93. The summed E-state index contributed by atoms with van der Waals surface area (Å²) in [5, 5.41) is 6.43. The number of ether oxygens (including phenoxy) is 4. The fourth-order valence-corrected chi connectivity index (χ4v) is 9.82. The summed E-state index contributed by atoms with van der Waals surface area (Å²) in [6, 6.07) is 5.95. The minimum absolute atomic E-state index is 0.0592. The van der Waals surface area contributed by atoms with Gasteiger partial charge in [0.25, 0.3) is 5.91 Å². The van der Waals surface area contributed by atoms with Gasteiger partial charge in [0.15, 0.2) is 0 Å². The van der Waals surface area contributed by atoms with Crippen molar-refractivity contribution in [3.05, 3.63) is 54.9 Å². The van der Waals surface area contributed by atoms with E-state index in [4.69, 9.17) is 18.9 Å². The van der Waals surface area contributed by atoms with Crippen LogP contribution in [0.1, 0.15) is 79.6 Å². The zero-order valence-electron chi connectivity index (χ0n) is 37.3. The van der Waals surface area contributed by atoms with E-state index in [1.807, 2.05) is 19.1 Å². The van der Waals surface area contributed by atoms with Gasteiger partial charge >= 0.3 is 12.3 Å². The molecule has 2 aromatic heterocycles. The number of hydrogen-bond donors (Lipinski definition) is 3. The number of alkyl carbamates (subject to hydrolysis) is 1. The second kappa shape index (κ2) is 17.6. The van der Waals surface area contributed by atoms with Crippen molar-refractivity contribution in [2.45, 2.75) is 120 Å². The summed E-state index contributed by atoms with van der Waals surface area (Å²) in [5.41, 5.74) is -3.19. The van der Waals surface area contributed by atoms with Gasteiger partial charge in [-0.1, -0.05) is 26.0 Å². The van der Waals surface area contributed by atoms with Crippen LogP contribution in [0.4, 0.5) is 18.0 Å². The molecule has 3 fully saturated rings. The van der Waals surface area contributed by atoms with Crippen molar-refractivity contribution in [1.29, 1.82) is 0 Å². The van der Waals surface area contributed by atoms with Crippen LogP contribution in [0.5, 0.6) is 17.5 Å². The van der Waals surface area contributed by atoms with Crippen LogP contribution >= 0.6 is 0 Å². The Kier molecular flexibility index (Phi) is 12.8. The highest BCUT2D eigenvalue weighted by molar-refractivity contribution is 7.91. The lowest BCUT2D eigenvalue weighted by molar-refractivity contribution is -0.244. The summed E-state index contributed by atoms with van der Waals surface area (Å²) < 4.78 is 91.3. The summed E-state index contributed by atoms with van der Waals surface area (Å²) in [4.78, 5) is 67.1. The molecule has 352 valence electrons. The van der Waals surface area contributed by atoms with Crippen molar-refractivity contribution < 1.29 is 59.7 Å². The number of pyridine rings is 2. The predicted octanol–water partition coefficient (Wildman–Crippen LogP) is 5.98. The van der Waals surface area contributed by atoms with Crippen LogP contribution in [-0.2, 0) is 29.1 Å². The van der Waals surface area contributed by atoms with Crippen molar-refractivity contribution in [1.82, 2.24) is 30.2 Å². The standard InChI is InChI=1S/C45H55F3N6O10S/c1-25-10-8-9-11-28-21-44(28,40(57)53-65(59,60)43(5)16-17-43)52-37(55)34-20-30(24-54(34)39(56)36(26(2)18-25)51-41(58)64-42(3,4)45(46,47)48)63-38-31-14-13-29(61-6)19-32(31)33(23-50-38)27-12-15-35(62-7)49-22-27/h9,11-15,19,22-23,25-26,28,30,34,36H,8,10,16-18,20-21,24H2,1-7H3,(H,51,58)(H,52,55)(H,53,57)/b11-9-/t25-,26-,28-,30-,34+,36+,44-/m1/s1. The number of amides is 4. The molecular formula is C45H55F3N6O10S. The lowest BCUT2D eigenvalue weighted by Gasteiger charge is -2.34. The largest absolute Gasteiger partial charge is 0.497 e. The molecule has 0 spiro atoms. The quantitative estimate of drug-likeness (QED) is 0.201. The number of rotatable bonds is 10. The van der Waals surface area contributed by atoms with Crippen LogP contribution in [0.25, 0.3) is 21.9 Å². The summed E-state index contributed by atoms with van der Waals surface area (Å²) in [5.74, 6) is -2.72. The number of fused-ring (bicyclic) bond motifs is 3. The number of nitrogens with zero attached hydrogens (tertiary/aromatic N) is 3. The van der Waals surface area contributed by atoms with Gasteiger partial charge < -0.3 is 34.5 Å². The molecule has 1 aromatic carbocycles. The van der Waals surface area contributed by atoms with Crippen LogP contribution in [0.3, 0.4) is 0 Å². The summed E-state index contributed by atoms with van der Waals surface area (Å²) in [6.07, 6.45) is 1.64. The number of carbonyl (C=O) groups excluding carboxylic acids is 4. The maximum Gasteiger partial charge on any atom is 0.427 e. The zero-order valence-corrected chi connectivity index (χ0v) is 38.1. The molecule has 4 amide bonds. The average Bonchev–Trinajstić information content (AvgIpc) is 4.13. The Labute approximate surface area is 375 Å². The van der Waals surface area contributed by atoms with E-state index < -0.39 is 85.9 Å². The molecule has 16 nitrogen and oxygen atoms in total. The number of sulfonamides is 1. The van der Waals surface area contributed by atoms with E-state index >= 15 is 0 Å². The lowest BCUT2D eigenvalue weighted by atomic mass is 9.88. The number of methoxy groups -OCH3 is 2. The van der Waals surface area contributed by atoms with Crippen LogP contribution in [0.15, 0.2) is 54.9 Å². The normalized spacial score (nSPS) is 27.4. The molecule has 2 aliphatic carbocycles. The van der Waals surface area contributed by atoms with Crippen molar-refractivity contribution in [2.24, 2.45) is 17.8 Å². The molecule has 4 heterocycles. The molecular weight excluding hydrogens is 874 g/mol. The average molecular weight is 929 g/mol. The van der Waals surface area contributed by atoms with Gasteiger partial charge in [-0.2, -0.15) is 13.2 Å². The number of alkyl halides is 3. The highest BCUT2D eigenvalue weighted by Gasteiger charge is 2.63. The fourth-order valence-electron chi connectivity index (χ4n) is 8.51. The molecule has 0 radical (unpaired) electrons. The second-order valence-corrected chi connectivity index (χ2v) is 20.7. The molecule has 2 aliphatic heterocycles. The van der Waals surface area contributed by atoms with Gasteiger partial charge in [-0.05, 0) is 95.4 Å². The third-order valence-corrected chi connectivity index (χ3v) is 15.3. The summed E-state index contributed by atoms with van der Waals surface area (Å²) in [6.45, 7) is 6.28. The van der Waals surface area contributed by atoms with E-state index in [-0.39, 0.29) is 31.2 Å². The van der Waals surface area contributed by atoms with Gasteiger partial charge in [0.1, 0.15) is 29.5 Å². The molecule has 0 unspecified atom stereocenters. The van der Waals surface area contributed by atoms with Crippen LogP contribution < -0.4 is 29.6 Å². The Morgan fingerprint density at radius 1 is 0.985 bits per heavy atom. The summed E-state index contributed by atoms with van der Waals surface area (Å²) in [7, 11) is -1.08. The molecule has 1 saturated heterocycles. The van der Waals surface area contributed by atoms with Crippen LogP contribution in [0, 0.1) is 17.8 Å². The fraction of sp³-hybridized carbons (Fsp3) is 0.556. The van der Waals surface area contributed by atoms with Crippen LogP contribution in [-0.4, -0.2) is 108 Å². The Hall–Kier alpha value is -5.66. The monoisotopic (exact) mass is 928 g/mol. The van der Waals surface area contributed by atoms with Gasteiger partial charge in [-0.15, -0.1) is 0 Å². The van der Waals surface area contributed by atoms with Gasteiger partial charge in [0.05, 0.1) is 25.5 Å². The molecule has 7 atom stereocenters. The number of benzene rings is 1. The maximum absolute atomic E-state index is 14.9. The van der Waals surface area contributed by atoms with E-state index in [0.717, 1.165) is 0 Å². The first kappa shape index (κ1) is 47.3. The molecule has 3 N–H and O–H groups in total. The van der Waals surface area contributed by atoms with Crippen molar-refractivity contribution >= 4 is 44.6 Å². The van der Waals surface area contributed by atoms with Gasteiger partial charge in [-0.25, -0.2) is 23.2 Å². The van der Waals surface area contributed by atoms with E-state index in [1.165, 1.54) is 26.0 Å². The molecule has 65 heavy (non-hydrogen) atoms. The van der Waals surface area contributed by atoms with Crippen molar-refractivity contribution in [3.8, 4) is 28.6 Å². The van der Waals surface area contributed by atoms with Gasteiger partial charge in [-0.3, -0.25) is 19.1 Å². The van der Waals surface area contributed by atoms with Crippen molar-refractivity contribution in [3.63, 3.8) is 0 Å². The predicted molar refractivity (Wildman–Crippen MR) is 231 cm³/mol. The van der Waals surface area contributed by atoms with E-state index in [1.54, 1.807) is 49.7 Å². The number of aromatic nitrogens is 2. The minimum Gasteiger partial charge on any atom is -0.497 e. The molecule has 3 aromatic rings. The number of halogens is 3. The number of hydrogen-bond acceptors (Lipinski definition) is 12. The van der Waals surface area contributed by atoms with E-state index in [2.05, 4.69) is 25.3 Å². The Morgan fingerprint density at radius 2 is 1.72 bits per heavy atom. The highest BCUT2D eigenvalue weighted by atomic mass is 32.2. The molecule has 4 aliphatic rings. The maximum atomic E-state index is 14.9. The van der Waals surface area contributed by atoms with Gasteiger partial charge in [0, 0.05) is 52.7 Å². The third kappa shape index (κ3) is 9.68. The Balaban J connectivity index is 1.25. The Bertz CT molecular complexity index is 2480. The van der Waals surface area contributed by atoms with Crippen LogP contribution in [0.2, 0.25) is 0 Å². The summed E-state index contributed by atoms with van der Waals surface area (Å²) >= 11 is 0. The Morgan fingerprint density at radius 3 is 2.37 bits per heavy atom. The van der Waals surface area contributed by atoms with Crippen molar-refractivity contribution in [2.75, 3.05) is 20.8 Å². The molecule has 7 rings (SSSR count). The highest BCUT2D eigenvalue weighted by Crippen LogP contribution is 2.48. The molecule has 20 heteroatoms. The topological polar surface area (TPSA) is 204 Å². The first-order valence-electron chi connectivity index (χ1n) is 21.6. The van der Waals surface area contributed by atoms with Gasteiger partial charge in [0.2, 0.25) is 39.2 Å². The zero-order chi connectivity index (χ0) is 47.3. The second-order valence-electron chi connectivity index (χ2n) is 18.5. The number of nitrogens with one attached hydrogen (secondary N) is 3. The van der Waals surface area contributed by atoms with E-state index in [9.17, 15) is 40.8 Å². The molecule has 2 saturated carbocycles. The third-order valence-electron chi connectivity index (χ3n) is 13.1. The first-order chi connectivity index (χ1) is 30.5. The lowest BCUT2D eigenvalue weighted by Crippen LogP contribution is -2.59. The molecule has 0 bridgehead atoms. The smallest absolute Gasteiger partial charge is 0.427 e. The SMILES string of the molecule is COc1ccc2c(O[C@@H]3C[C@H]4C(=O)N[C@]5(C(=O)NS(=O)(=O)C6(C)CC6)C[C@H]5/C=C\CC[C@@H](C)C[C@@H](C)[C@H](NC(=O)OC(C)(C)C(F)(F)F)C(=O)N4C3)ncc(-c3ccc(OC)nc3)c2c1.